The van der Waals surface area contributed by atoms with Crippen LogP contribution in [0, 0.1) is 5.92 Å². The Morgan fingerprint density at radius 1 is 0.969 bits per heavy atom. The van der Waals surface area contributed by atoms with Crippen molar-refractivity contribution < 1.29 is 43.0 Å². The van der Waals surface area contributed by atoms with Crippen LogP contribution in [0.1, 0.15) is 27.2 Å². The summed E-state index contributed by atoms with van der Waals surface area (Å²) in [6.07, 6.45) is 1.15. The normalized spacial score (nSPS) is 16.6. The molecule has 0 aliphatic heterocycles. The first-order chi connectivity index (χ1) is 15.2. The van der Waals surface area contributed by atoms with Gasteiger partial charge in [0.15, 0.2) is 0 Å². The van der Waals surface area contributed by atoms with Crippen molar-refractivity contribution in [3.63, 3.8) is 0 Å². The average Bonchev–Trinajstić information content (AvgIpc) is 2.74. The highest BCUT2D eigenvalue weighted by Gasteiger charge is 2.19. The van der Waals surface area contributed by atoms with Gasteiger partial charge in [0.1, 0.15) is 18.3 Å². The van der Waals surface area contributed by atoms with Crippen LogP contribution in [0.15, 0.2) is 12.7 Å². The van der Waals surface area contributed by atoms with Gasteiger partial charge in [0.25, 0.3) is 0 Å². The molecule has 0 amide bonds. The van der Waals surface area contributed by atoms with Gasteiger partial charge in [-0.3, -0.25) is 4.57 Å². The van der Waals surface area contributed by atoms with E-state index in [0.29, 0.717) is 45.1 Å². The number of ether oxygens (including phenoxy) is 5. The van der Waals surface area contributed by atoms with E-state index in [1.807, 2.05) is 0 Å². The van der Waals surface area contributed by atoms with Crippen LogP contribution < -0.4 is 0 Å². The molecule has 10 heteroatoms. The lowest BCUT2D eigenvalue weighted by atomic mass is 10.1. The second kappa shape index (κ2) is 20.1. The fourth-order valence-corrected chi connectivity index (χ4v) is 3.57. The van der Waals surface area contributed by atoms with E-state index >= 15 is 0 Å². The van der Waals surface area contributed by atoms with Crippen molar-refractivity contribution in [1.82, 2.24) is 0 Å². The van der Waals surface area contributed by atoms with E-state index in [1.165, 1.54) is 0 Å². The second-order valence-corrected chi connectivity index (χ2v) is 10.8. The number of hydrogen-bond donors (Lipinski definition) is 2. The SMILES string of the molecule is C=CCOCC(COCCC(C)C)OCC(COCCP(C)(=O)OCC)OCC(O)CO. The quantitative estimate of drug-likeness (QED) is 0.128. The molecule has 0 radical (unpaired) electrons. The highest BCUT2D eigenvalue weighted by molar-refractivity contribution is 7.58. The van der Waals surface area contributed by atoms with E-state index in [1.54, 1.807) is 19.7 Å². The van der Waals surface area contributed by atoms with E-state index in [2.05, 4.69) is 20.4 Å². The highest BCUT2D eigenvalue weighted by atomic mass is 31.2. The van der Waals surface area contributed by atoms with Crippen molar-refractivity contribution >= 4 is 7.37 Å². The van der Waals surface area contributed by atoms with E-state index < -0.39 is 26.2 Å². The molecule has 0 fully saturated rings. The summed E-state index contributed by atoms with van der Waals surface area (Å²) >= 11 is 0. The maximum absolute atomic E-state index is 12.2. The van der Waals surface area contributed by atoms with Gasteiger partial charge >= 0.3 is 0 Å². The molecular weight excluding hydrogens is 439 g/mol. The van der Waals surface area contributed by atoms with Gasteiger partial charge in [-0.25, -0.2) is 0 Å². The minimum absolute atomic E-state index is 0.0539. The van der Waals surface area contributed by atoms with Crippen LogP contribution in [-0.4, -0.2) is 107 Å². The first-order valence-electron chi connectivity index (χ1n) is 11.3. The zero-order valence-electron chi connectivity index (χ0n) is 20.3. The number of rotatable bonds is 23. The molecule has 9 nitrogen and oxygen atoms in total. The highest BCUT2D eigenvalue weighted by Crippen LogP contribution is 2.41. The Bertz CT molecular complexity index is 490. The molecule has 0 aliphatic carbocycles. The molecule has 0 aromatic heterocycles. The fraction of sp³-hybridized carbons (Fsp3) is 0.909. The van der Waals surface area contributed by atoms with Crippen molar-refractivity contribution in [2.75, 3.05) is 78.9 Å². The van der Waals surface area contributed by atoms with Crippen LogP contribution in [0.2, 0.25) is 0 Å². The lowest BCUT2D eigenvalue weighted by Gasteiger charge is -2.24. The smallest absolute Gasteiger partial charge is 0.202 e. The van der Waals surface area contributed by atoms with Crippen LogP contribution in [0.4, 0.5) is 0 Å². The summed E-state index contributed by atoms with van der Waals surface area (Å²) in [5, 5.41) is 18.6. The molecular formula is C22H45O9P. The summed E-state index contributed by atoms with van der Waals surface area (Å²) in [4.78, 5) is 0. The third kappa shape index (κ3) is 19.1. The van der Waals surface area contributed by atoms with Crippen molar-refractivity contribution in [3.05, 3.63) is 12.7 Å². The maximum Gasteiger partial charge on any atom is 0.202 e. The van der Waals surface area contributed by atoms with Gasteiger partial charge < -0.3 is 38.4 Å². The molecule has 0 heterocycles. The monoisotopic (exact) mass is 484 g/mol. The maximum atomic E-state index is 12.2. The largest absolute Gasteiger partial charge is 0.394 e. The lowest BCUT2D eigenvalue weighted by molar-refractivity contribution is -0.119. The number of aliphatic hydroxyl groups is 2. The summed E-state index contributed by atoms with van der Waals surface area (Å²) < 4.78 is 45.9. The molecule has 192 valence electrons. The van der Waals surface area contributed by atoms with Gasteiger partial charge in [0.2, 0.25) is 7.37 Å². The average molecular weight is 485 g/mol. The van der Waals surface area contributed by atoms with Gasteiger partial charge in [0, 0.05) is 19.4 Å². The molecule has 0 saturated carbocycles. The summed E-state index contributed by atoms with van der Waals surface area (Å²) in [6.45, 7) is 13.6. The third-order valence-corrected chi connectivity index (χ3v) is 6.08. The molecule has 0 aromatic rings. The molecule has 32 heavy (non-hydrogen) atoms. The van der Waals surface area contributed by atoms with Crippen LogP contribution in [0.3, 0.4) is 0 Å². The van der Waals surface area contributed by atoms with Gasteiger partial charge in [-0.05, 0) is 19.3 Å². The second-order valence-electron chi connectivity index (χ2n) is 8.06. The zero-order valence-corrected chi connectivity index (χ0v) is 21.2. The summed E-state index contributed by atoms with van der Waals surface area (Å²) in [5.74, 6) is 0.556. The first kappa shape index (κ1) is 31.6. The van der Waals surface area contributed by atoms with Gasteiger partial charge in [-0.15, -0.1) is 6.58 Å². The molecule has 0 rings (SSSR count). The molecule has 0 aliphatic rings. The summed E-state index contributed by atoms with van der Waals surface area (Å²) in [7, 11) is -2.67. The van der Waals surface area contributed by atoms with Crippen molar-refractivity contribution in [2.45, 2.75) is 45.5 Å². The Hall–Kier alpha value is -0.350. The van der Waals surface area contributed by atoms with Crippen LogP contribution in [0.5, 0.6) is 0 Å². The molecule has 0 bridgehead atoms. The topological polar surface area (TPSA) is 113 Å². The van der Waals surface area contributed by atoms with Crippen molar-refractivity contribution in [2.24, 2.45) is 5.92 Å². The van der Waals surface area contributed by atoms with E-state index in [-0.39, 0.29) is 32.5 Å². The number of aliphatic hydroxyl groups excluding tert-OH is 2. The molecule has 2 N–H and O–H groups in total. The third-order valence-electron chi connectivity index (χ3n) is 4.28. The lowest BCUT2D eigenvalue weighted by Crippen LogP contribution is -2.35. The Kier molecular flexibility index (Phi) is 19.8. The molecule has 0 saturated heterocycles. The standard InChI is InChI=1S/C22H45O9P/c1-6-9-26-15-21(16-27-10-8-19(3)4)30-18-22(29-14-20(24)13-23)17-28-11-12-32(5,25)31-7-2/h6,19-24H,1,7-18H2,2-5H3. The van der Waals surface area contributed by atoms with Crippen molar-refractivity contribution in [3.8, 4) is 0 Å². The molecule has 4 unspecified atom stereocenters. The predicted octanol–water partition coefficient (Wildman–Crippen LogP) is 2.34. The zero-order chi connectivity index (χ0) is 24.2. The van der Waals surface area contributed by atoms with Gasteiger partial charge in [-0.2, -0.15) is 0 Å². The van der Waals surface area contributed by atoms with E-state index in [0.717, 1.165) is 6.42 Å². The molecule has 4 atom stereocenters. The fourth-order valence-electron chi connectivity index (χ4n) is 2.43. The van der Waals surface area contributed by atoms with Crippen molar-refractivity contribution in [1.29, 1.82) is 0 Å². The Labute approximate surface area is 193 Å². The van der Waals surface area contributed by atoms with Crippen LogP contribution in [-0.2, 0) is 32.8 Å². The number of hydrogen-bond acceptors (Lipinski definition) is 9. The van der Waals surface area contributed by atoms with Crippen LogP contribution >= 0.6 is 7.37 Å². The summed E-state index contributed by atoms with van der Waals surface area (Å²) in [5.41, 5.74) is 0. The minimum Gasteiger partial charge on any atom is -0.394 e. The van der Waals surface area contributed by atoms with Crippen LogP contribution in [0.25, 0.3) is 0 Å². The summed E-state index contributed by atoms with van der Waals surface area (Å²) in [6, 6.07) is 0. The minimum atomic E-state index is -2.67. The molecule has 0 aromatic carbocycles. The Morgan fingerprint density at radius 2 is 1.56 bits per heavy atom. The van der Waals surface area contributed by atoms with E-state index in [9.17, 15) is 9.67 Å². The molecule has 0 spiro atoms. The Morgan fingerprint density at radius 3 is 2.16 bits per heavy atom. The van der Waals surface area contributed by atoms with Gasteiger partial charge in [0.05, 0.1) is 59.5 Å². The Balaban J connectivity index is 4.64. The van der Waals surface area contributed by atoms with Gasteiger partial charge in [-0.1, -0.05) is 19.9 Å². The predicted molar refractivity (Wildman–Crippen MR) is 125 cm³/mol. The van der Waals surface area contributed by atoms with E-state index in [4.69, 9.17) is 33.3 Å². The first-order valence-corrected chi connectivity index (χ1v) is 13.6.